The maximum absolute atomic E-state index is 12.5. The lowest BCUT2D eigenvalue weighted by molar-refractivity contribution is -0.141. The van der Waals surface area contributed by atoms with Gasteiger partial charge in [-0.15, -0.1) is 0 Å². The summed E-state index contributed by atoms with van der Waals surface area (Å²) in [5.74, 6) is -0.706. The van der Waals surface area contributed by atoms with E-state index in [0.717, 1.165) is 10.6 Å². The van der Waals surface area contributed by atoms with Crippen LogP contribution in [0.15, 0.2) is 65.3 Å². The van der Waals surface area contributed by atoms with Crippen LogP contribution in [0.2, 0.25) is 0 Å². The number of benzene rings is 2. The van der Waals surface area contributed by atoms with Crippen molar-refractivity contribution in [1.29, 1.82) is 0 Å². The highest BCUT2D eigenvalue weighted by Gasteiger charge is 2.32. The molecule has 1 heterocycles. The van der Waals surface area contributed by atoms with Crippen LogP contribution in [0, 0.1) is 0 Å². The Labute approximate surface area is 139 Å². The molecule has 0 radical (unpaired) electrons. The Morgan fingerprint density at radius 3 is 2.62 bits per heavy atom. The van der Waals surface area contributed by atoms with Gasteiger partial charge in [-0.05, 0) is 36.3 Å². The van der Waals surface area contributed by atoms with Gasteiger partial charge in [-0.1, -0.05) is 42.5 Å². The molecule has 1 aliphatic rings. The molecule has 5 heteroatoms. The van der Waals surface area contributed by atoms with Crippen LogP contribution in [0.5, 0.6) is 5.75 Å². The van der Waals surface area contributed by atoms with E-state index < -0.39 is 5.91 Å². The Kier molecular flexibility index (Phi) is 4.24. The summed E-state index contributed by atoms with van der Waals surface area (Å²) >= 11 is 0. The Morgan fingerprint density at radius 2 is 1.92 bits per heavy atom. The molecule has 3 rings (SSSR count). The molecule has 0 fully saturated rings. The largest absolute Gasteiger partial charge is 0.508 e. The quantitative estimate of drug-likeness (QED) is 0.884. The summed E-state index contributed by atoms with van der Waals surface area (Å²) in [7, 11) is 0. The lowest BCUT2D eigenvalue weighted by Crippen LogP contribution is -2.30. The molecule has 1 aliphatic heterocycles. The van der Waals surface area contributed by atoms with Crippen molar-refractivity contribution in [3.63, 3.8) is 0 Å². The number of aromatic hydroxyl groups is 1. The van der Waals surface area contributed by atoms with Gasteiger partial charge in [0, 0.05) is 0 Å². The van der Waals surface area contributed by atoms with Crippen molar-refractivity contribution < 1.29 is 14.7 Å². The summed E-state index contributed by atoms with van der Waals surface area (Å²) in [6, 6.07) is 15.8. The first-order chi connectivity index (χ1) is 11.5. The standard InChI is InChI=1S/C19H16N2O3/c1-13-17(11-15-8-5-9-16(22)10-15)19(24)21(20-13)18(23)12-14-6-3-2-4-7-14/h2-11,22H,12H2,1H3/b17-11-. The normalized spacial score (nSPS) is 15.7. The highest BCUT2D eigenvalue weighted by Crippen LogP contribution is 2.21. The Morgan fingerprint density at radius 1 is 1.17 bits per heavy atom. The zero-order chi connectivity index (χ0) is 17.1. The van der Waals surface area contributed by atoms with E-state index in [0.29, 0.717) is 16.8 Å². The van der Waals surface area contributed by atoms with Crippen LogP contribution in [0.4, 0.5) is 0 Å². The van der Waals surface area contributed by atoms with Gasteiger partial charge in [0.05, 0.1) is 17.7 Å². The summed E-state index contributed by atoms with van der Waals surface area (Å²) in [4.78, 5) is 24.9. The average molecular weight is 320 g/mol. The number of nitrogens with zero attached hydrogens (tertiary/aromatic N) is 2. The third-order valence-electron chi connectivity index (χ3n) is 3.68. The third-order valence-corrected chi connectivity index (χ3v) is 3.68. The number of rotatable bonds is 3. The minimum absolute atomic E-state index is 0.112. The SMILES string of the molecule is CC1=NN(C(=O)Cc2ccccc2)C(=O)/C1=C\c1cccc(O)c1. The maximum atomic E-state index is 12.5. The van der Waals surface area contributed by atoms with Crippen LogP contribution in [-0.4, -0.2) is 27.6 Å². The second-order valence-electron chi connectivity index (χ2n) is 5.51. The molecule has 0 atom stereocenters. The van der Waals surface area contributed by atoms with Crippen molar-refractivity contribution in [3.05, 3.63) is 71.3 Å². The molecule has 0 bridgehead atoms. The highest BCUT2D eigenvalue weighted by molar-refractivity contribution is 6.29. The zero-order valence-electron chi connectivity index (χ0n) is 13.1. The van der Waals surface area contributed by atoms with Crippen molar-refractivity contribution in [2.75, 3.05) is 0 Å². The molecule has 0 aromatic heterocycles. The summed E-state index contributed by atoms with van der Waals surface area (Å²) in [5.41, 5.74) is 2.32. The molecule has 120 valence electrons. The summed E-state index contributed by atoms with van der Waals surface area (Å²) in [6.07, 6.45) is 1.74. The van der Waals surface area contributed by atoms with E-state index in [1.54, 1.807) is 37.3 Å². The van der Waals surface area contributed by atoms with Crippen molar-refractivity contribution in [2.45, 2.75) is 13.3 Å². The fraction of sp³-hybridized carbons (Fsp3) is 0.105. The number of phenolic OH excluding ortho intramolecular Hbond substituents is 1. The van der Waals surface area contributed by atoms with Crippen molar-refractivity contribution in [1.82, 2.24) is 5.01 Å². The molecule has 0 unspecified atom stereocenters. The Balaban J connectivity index is 1.81. The van der Waals surface area contributed by atoms with Gasteiger partial charge in [0.1, 0.15) is 5.75 Å². The number of carbonyl (C=O) groups is 2. The zero-order valence-corrected chi connectivity index (χ0v) is 13.1. The number of imide groups is 1. The van der Waals surface area contributed by atoms with Gasteiger partial charge >= 0.3 is 0 Å². The first-order valence-electron chi connectivity index (χ1n) is 7.52. The van der Waals surface area contributed by atoms with E-state index in [2.05, 4.69) is 5.10 Å². The number of hydrogen-bond donors (Lipinski definition) is 1. The van der Waals surface area contributed by atoms with E-state index >= 15 is 0 Å². The molecule has 2 aromatic carbocycles. The van der Waals surface area contributed by atoms with Gasteiger partial charge < -0.3 is 5.11 Å². The van der Waals surface area contributed by atoms with Gasteiger partial charge in [0.2, 0.25) is 0 Å². The molecule has 24 heavy (non-hydrogen) atoms. The monoisotopic (exact) mass is 320 g/mol. The maximum Gasteiger partial charge on any atom is 0.283 e. The molecule has 2 aromatic rings. The molecule has 0 aliphatic carbocycles. The Bertz CT molecular complexity index is 854. The van der Waals surface area contributed by atoms with Crippen LogP contribution in [-0.2, 0) is 16.0 Å². The van der Waals surface area contributed by atoms with Gasteiger partial charge in [-0.3, -0.25) is 9.59 Å². The fourth-order valence-electron chi connectivity index (χ4n) is 2.48. The predicted octanol–water partition coefficient (Wildman–Crippen LogP) is 2.76. The van der Waals surface area contributed by atoms with Crippen LogP contribution in [0.1, 0.15) is 18.1 Å². The Hall–Kier alpha value is -3.21. The lowest BCUT2D eigenvalue weighted by Gasteiger charge is -2.09. The number of hydrazone groups is 1. The molecule has 5 nitrogen and oxygen atoms in total. The van der Waals surface area contributed by atoms with E-state index in [1.807, 2.05) is 30.3 Å². The highest BCUT2D eigenvalue weighted by atomic mass is 16.3. The van der Waals surface area contributed by atoms with Gasteiger partial charge in [0.25, 0.3) is 11.8 Å². The minimum Gasteiger partial charge on any atom is -0.508 e. The molecule has 2 amide bonds. The van der Waals surface area contributed by atoms with Gasteiger partial charge in [-0.25, -0.2) is 0 Å². The average Bonchev–Trinajstić information content (AvgIpc) is 2.84. The van der Waals surface area contributed by atoms with E-state index in [1.165, 1.54) is 0 Å². The molecule has 0 saturated carbocycles. The molecule has 0 saturated heterocycles. The minimum atomic E-state index is -0.447. The van der Waals surface area contributed by atoms with E-state index in [-0.39, 0.29) is 18.1 Å². The second-order valence-corrected chi connectivity index (χ2v) is 5.51. The molecule has 0 spiro atoms. The van der Waals surface area contributed by atoms with Crippen molar-refractivity contribution in [3.8, 4) is 5.75 Å². The summed E-state index contributed by atoms with van der Waals surface area (Å²) < 4.78 is 0. The number of hydrogen-bond acceptors (Lipinski definition) is 4. The lowest BCUT2D eigenvalue weighted by atomic mass is 10.1. The molecule has 1 N–H and O–H groups in total. The first-order valence-corrected chi connectivity index (χ1v) is 7.52. The van der Waals surface area contributed by atoms with E-state index in [4.69, 9.17) is 0 Å². The van der Waals surface area contributed by atoms with Crippen LogP contribution in [0.3, 0.4) is 0 Å². The predicted molar refractivity (Wildman–Crippen MR) is 91.2 cm³/mol. The summed E-state index contributed by atoms with van der Waals surface area (Å²) in [5, 5.41) is 14.5. The topological polar surface area (TPSA) is 70.0 Å². The van der Waals surface area contributed by atoms with Crippen molar-refractivity contribution >= 4 is 23.6 Å². The molecular formula is C19H16N2O3. The van der Waals surface area contributed by atoms with Crippen LogP contribution < -0.4 is 0 Å². The van der Waals surface area contributed by atoms with Crippen molar-refractivity contribution in [2.24, 2.45) is 5.10 Å². The summed E-state index contributed by atoms with van der Waals surface area (Å²) in [6.45, 7) is 1.68. The van der Waals surface area contributed by atoms with Gasteiger partial charge in [-0.2, -0.15) is 10.1 Å². The smallest absolute Gasteiger partial charge is 0.283 e. The number of carbonyl (C=O) groups excluding carboxylic acids is 2. The fourth-order valence-corrected chi connectivity index (χ4v) is 2.48. The molecular weight excluding hydrogens is 304 g/mol. The van der Waals surface area contributed by atoms with Gasteiger partial charge in [0.15, 0.2) is 0 Å². The number of phenols is 1. The third kappa shape index (κ3) is 3.25. The van der Waals surface area contributed by atoms with E-state index in [9.17, 15) is 14.7 Å². The first kappa shape index (κ1) is 15.7. The number of amides is 2. The van der Waals surface area contributed by atoms with Crippen LogP contribution >= 0.6 is 0 Å². The van der Waals surface area contributed by atoms with Crippen LogP contribution in [0.25, 0.3) is 6.08 Å². The second kappa shape index (κ2) is 6.50.